The Kier molecular flexibility index (Phi) is 4.20. The Morgan fingerprint density at radius 3 is 2.71 bits per heavy atom. The van der Waals surface area contributed by atoms with E-state index in [1.165, 1.54) is 18.2 Å². The van der Waals surface area contributed by atoms with Crippen LogP contribution in [0.3, 0.4) is 0 Å². The minimum absolute atomic E-state index is 0.0289. The van der Waals surface area contributed by atoms with Crippen LogP contribution in [-0.2, 0) is 0 Å². The minimum Gasteiger partial charge on any atom is -0.335 e. The molecule has 0 aromatic heterocycles. The maximum absolute atomic E-state index is 13.0. The lowest BCUT2D eigenvalue weighted by Gasteiger charge is -2.22. The van der Waals surface area contributed by atoms with Crippen LogP contribution in [0.15, 0.2) is 22.7 Å². The summed E-state index contributed by atoms with van der Waals surface area (Å²) in [6.07, 6.45) is 2.13. The lowest BCUT2D eigenvalue weighted by atomic mass is 10.2. The van der Waals surface area contributed by atoms with Crippen LogP contribution < -0.4 is 0 Å². The highest BCUT2D eigenvalue weighted by molar-refractivity contribution is 9.10. The summed E-state index contributed by atoms with van der Waals surface area (Å²) < 4.78 is 13.5. The number of halogens is 3. The molecule has 17 heavy (non-hydrogen) atoms. The molecule has 1 aromatic rings. The van der Waals surface area contributed by atoms with Crippen molar-refractivity contribution in [2.45, 2.75) is 18.9 Å². The van der Waals surface area contributed by atoms with Gasteiger partial charge in [-0.3, -0.25) is 4.79 Å². The third-order valence-corrected chi connectivity index (χ3v) is 3.75. The van der Waals surface area contributed by atoms with Crippen LogP contribution in [0.1, 0.15) is 23.2 Å². The number of alkyl halides is 1. The molecule has 1 aliphatic rings. The highest BCUT2D eigenvalue weighted by Crippen LogP contribution is 2.30. The largest absolute Gasteiger partial charge is 0.335 e. The molecule has 1 fully saturated rings. The maximum atomic E-state index is 13.0. The fourth-order valence-electron chi connectivity index (χ4n) is 1.74. The summed E-state index contributed by atoms with van der Waals surface area (Å²) in [4.78, 5) is 14.2. The predicted octanol–water partition coefficient (Wildman–Crippen LogP) is 3.59. The van der Waals surface area contributed by atoms with E-state index in [-0.39, 0.29) is 11.7 Å². The van der Waals surface area contributed by atoms with E-state index in [2.05, 4.69) is 31.9 Å². The van der Waals surface area contributed by atoms with Gasteiger partial charge in [-0.1, -0.05) is 15.9 Å². The summed E-state index contributed by atoms with van der Waals surface area (Å²) in [6.45, 7) is 0.688. The van der Waals surface area contributed by atoms with Gasteiger partial charge in [-0.15, -0.1) is 0 Å². The molecule has 0 radical (unpaired) electrons. The fraction of sp³-hybridized carbons (Fsp3) is 0.417. The Labute approximate surface area is 116 Å². The van der Waals surface area contributed by atoms with E-state index in [0.717, 1.165) is 18.2 Å². The van der Waals surface area contributed by atoms with Crippen LogP contribution >= 0.6 is 31.9 Å². The van der Waals surface area contributed by atoms with Gasteiger partial charge in [0.25, 0.3) is 5.91 Å². The minimum atomic E-state index is -0.341. The van der Waals surface area contributed by atoms with E-state index >= 15 is 0 Å². The molecular weight excluding hydrogens is 353 g/mol. The second kappa shape index (κ2) is 5.48. The van der Waals surface area contributed by atoms with Crippen LogP contribution in [0.5, 0.6) is 0 Å². The Hall–Kier alpha value is -0.420. The molecule has 0 aliphatic heterocycles. The van der Waals surface area contributed by atoms with E-state index in [0.29, 0.717) is 22.6 Å². The number of amides is 1. The van der Waals surface area contributed by atoms with Gasteiger partial charge in [0.05, 0.1) is 5.56 Å². The smallest absolute Gasteiger partial charge is 0.255 e. The van der Waals surface area contributed by atoms with Crippen molar-refractivity contribution in [1.29, 1.82) is 0 Å². The molecule has 0 bridgehead atoms. The molecule has 1 aliphatic carbocycles. The van der Waals surface area contributed by atoms with Crippen molar-refractivity contribution in [2.75, 3.05) is 11.9 Å². The Balaban J connectivity index is 2.22. The van der Waals surface area contributed by atoms with Crippen molar-refractivity contribution in [2.24, 2.45) is 0 Å². The van der Waals surface area contributed by atoms with Gasteiger partial charge in [-0.2, -0.15) is 0 Å². The number of carbonyl (C=O) groups excluding carboxylic acids is 1. The number of carbonyl (C=O) groups is 1. The van der Waals surface area contributed by atoms with Gasteiger partial charge < -0.3 is 4.90 Å². The topological polar surface area (TPSA) is 20.3 Å². The SMILES string of the molecule is O=C(c1ccc(F)cc1Br)N(CCBr)C1CC1. The molecule has 0 saturated heterocycles. The van der Waals surface area contributed by atoms with E-state index in [9.17, 15) is 9.18 Å². The normalized spacial score (nSPS) is 14.8. The average molecular weight is 365 g/mol. The molecule has 1 saturated carbocycles. The lowest BCUT2D eigenvalue weighted by molar-refractivity contribution is 0.0753. The summed E-state index contributed by atoms with van der Waals surface area (Å²) in [5.41, 5.74) is 0.527. The van der Waals surface area contributed by atoms with Gasteiger partial charge in [-0.05, 0) is 47.0 Å². The van der Waals surface area contributed by atoms with Crippen LogP contribution in [-0.4, -0.2) is 28.7 Å². The van der Waals surface area contributed by atoms with Crippen LogP contribution in [0.2, 0.25) is 0 Å². The van der Waals surface area contributed by atoms with Gasteiger partial charge in [0.1, 0.15) is 5.82 Å². The second-order valence-corrected chi connectivity index (χ2v) is 5.69. The van der Waals surface area contributed by atoms with Crippen molar-refractivity contribution < 1.29 is 9.18 Å². The summed E-state index contributed by atoms with van der Waals surface area (Å²) in [5, 5.41) is 0.758. The first-order chi connectivity index (χ1) is 8.13. The van der Waals surface area contributed by atoms with Crippen molar-refractivity contribution in [1.82, 2.24) is 4.90 Å². The van der Waals surface area contributed by atoms with Crippen molar-refractivity contribution in [3.8, 4) is 0 Å². The number of benzene rings is 1. The number of hydrogen-bond acceptors (Lipinski definition) is 1. The van der Waals surface area contributed by atoms with Gasteiger partial charge in [-0.25, -0.2) is 4.39 Å². The molecule has 5 heteroatoms. The van der Waals surface area contributed by atoms with Crippen LogP contribution in [0, 0.1) is 5.82 Å². The molecule has 2 rings (SSSR count). The zero-order valence-electron chi connectivity index (χ0n) is 9.13. The van der Waals surface area contributed by atoms with Crippen LogP contribution in [0.25, 0.3) is 0 Å². The summed E-state index contributed by atoms with van der Waals surface area (Å²) >= 11 is 6.59. The highest BCUT2D eigenvalue weighted by atomic mass is 79.9. The molecule has 1 aromatic carbocycles. The molecule has 0 unspecified atom stereocenters. The van der Waals surface area contributed by atoms with Gasteiger partial charge in [0, 0.05) is 22.4 Å². The highest BCUT2D eigenvalue weighted by Gasteiger charge is 2.33. The van der Waals surface area contributed by atoms with E-state index < -0.39 is 0 Å². The van der Waals surface area contributed by atoms with Gasteiger partial charge >= 0.3 is 0 Å². The standard InChI is InChI=1S/C12H12Br2FNO/c13-5-6-16(9-2-3-9)12(17)10-4-1-8(15)7-11(10)14/h1,4,7,9H,2-3,5-6H2. The monoisotopic (exact) mass is 363 g/mol. The summed E-state index contributed by atoms with van der Waals surface area (Å²) in [7, 11) is 0. The Bertz CT molecular complexity index is 435. The van der Waals surface area contributed by atoms with Crippen molar-refractivity contribution >= 4 is 37.8 Å². The molecule has 0 atom stereocenters. The van der Waals surface area contributed by atoms with Gasteiger partial charge in [0.2, 0.25) is 0 Å². The molecule has 0 N–H and O–H groups in total. The Morgan fingerprint density at radius 2 is 2.18 bits per heavy atom. The zero-order chi connectivity index (χ0) is 12.4. The zero-order valence-corrected chi connectivity index (χ0v) is 12.3. The average Bonchev–Trinajstić information content (AvgIpc) is 3.09. The molecule has 2 nitrogen and oxygen atoms in total. The van der Waals surface area contributed by atoms with E-state index in [1.54, 1.807) is 0 Å². The number of rotatable bonds is 4. The number of nitrogens with zero attached hydrogens (tertiary/aromatic N) is 1. The van der Waals surface area contributed by atoms with Crippen molar-refractivity contribution in [3.05, 3.63) is 34.1 Å². The first-order valence-electron chi connectivity index (χ1n) is 5.45. The third-order valence-electron chi connectivity index (χ3n) is 2.74. The quantitative estimate of drug-likeness (QED) is 0.747. The van der Waals surface area contributed by atoms with Crippen molar-refractivity contribution in [3.63, 3.8) is 0 Å². The summed E-state index contributed by atoms with van der Waals surface area (Å²) in [6, 6.07) is 4.53. The number of hydrogen-bond donors (Lipinski definition) is 0. The third kappa shape index (κ3) is 3.07. The predicted molar refractivity (Wildman–Crippen MR) is 72.0 cm³/mol. The first kappa shape index (κ1) is 13.0. The second-order valence-electron chi connectivity index (χ2n) is 4.04. The van der Waals surface area contributed by atoms with E-state index in [4.69, 9.17) is 0 Å². The van der Waals surface area contributed by atoms with Crippen LogP contribution in [0.4, 0.5) is 4.39 Å². The molecule has 92 valence electrons. The van der Waals surface area contributed by atoms with Gasteiger partial charge in [0.15, 0.2) is 0 Å². The lowest BCUT2D eigenvalue weighted by Crippen LogP contribution is -2.34. The molecular formula is C12H12Br2FNO. The fourth-order valence-corrected chi connectivity index (χ4v) is 2.65. The molecule has 0 heterocycles. The summed E-state index contributed by atoms with van der Waals surface area (Å²) in [5.74, 6) is -0.370. The van der Waals surface area contributed by atoms with E-state index in [1.807, 2.05) is 4.90 Å². The maximum Gasteiger partial charge on any atom is 0.255 e. The molecule has 1 amide bonds. The first-order valence-corrected chi connectivity index (χ1v) is 7.37. The Morgan fingerprint density at radius 1 is 1.47 bits per heavy atom. The molecule has 0 spiro atoms.